The molecule has 0 saturated heterocycles. The Bertz CT molecular complexity index is 1380. The summed E-state index contributed by atoms with van der Waals surface area (Å²) in [5.74, 6) is 2.86. The van der Waals surface area contributed by atoms with Crippen LogP contribution in [0.25, 0.3) is 16.9 Å². The van der Waals surface area contributed by atoms with Crippen LogP contribution in [0.2, 0.25) is 0 Å². The third-order valence-electron chi connectivity index (χ3n) is 5.26. The second-order valence-corrected chi connectivity index (χ2v) is 7.60. The van der Waals surface area contributed by atoms with E-state index in [0.29, 0.717) is 5.95 Å². The molecule has 2 aromatic heterocycles. The number of benzene rings is 3. The van der Waals surface area contributed by atoms with Crippen LogP contribution >= 0.6 is 0 Å². The van der Waals surface area contributed by atoms with Crippen LogP contribution in [0, 0.1) is 6.92 Å². The number of anilines is 2. The van der Waals surface area contributed by atoms with Gasteiger partial charge in [0.2, 0.25) is 5.95 Å². The minimum atomic E-state index is 0.505. The van der Waals surface area contributed by atoms with Crippen molar-refractivity contribution in [2.45, 2.75) is 6.92 Å². The van der Waals surface area contributed by atoms with Crippen LogP contribution in [-0.2, 0) is 0 Å². The molecule has 0 fully saturated rings. The summed E-state index contributed by atoms with van der Waals surface area (Å²) in [5.41, 5.74) is 4.41. The van der Waals surface area contributed by atoms with Gasteiger partial charge in [-0.1, -0.05) is 18.2 Å². The smallest absolute Gasteiger partial charge is 0.227 e. The van der Waals surface area contributed by atoms with Crippen LogP contribution in [0.15, 0.2) is 97.3 Å². The summed E-state index contributed by atoms with van der Waals surface area (Å²) < 4.78 is 12.9. The summed E-state index contributed by atoms with van der Waals surface area (Å²) >= 11 is 0. The Hall–Kier alpha value is -4.65. The Morgan fingerprint density at radius 1 is 0.794 bits per heavy atom. The van der Waals surface area contributed by atoms with Gasteiger partial charge in [-0.2, -0.15) is 5.10 Å². The predicted octanol–water partition coefficient (Wildman–Crippen LogP) is 6.18. The Balaban J connectivity index is 1.32. The summed E-state index contributed by atoms with van der Waals surface area (Å²) in [5, 5.41) is 7.91. The van der Waals surface area contributed by atoms with Crippen LogP contribution in [0.1, 0.15) is 5.69 Å². The van der Waals surface area contributed by atoms with Gasteiger partial charge in [-0.3, -0.25) is 0 Å². The van der Waals surface area contributed by atoms with Gasteiger partial charge in [-0.05, 0) is 73.7 Å². The van der Waals surface area contributed by atoms with Crippen LogP contribution in [-0.4, -0.2) is 26.9 Å². The summed E-state index contributed by atoms with van der Waals surface area (Å²) in [4.78, 5) is 9.07. The SMILES string of the molecule is COc1ccc(-n2cc(-c3ccnc(Nc4ccc(Oc5ccccc5)cc4)n3)c(C)n2)cc1. The number of aromatic nitrogens is 4. The molecule has 5 aromatic rings. The van der Waals surface area contributed by atoms with Crippen LogP contribution < -0.4 is 14.8 Å². The molecule has 0 aliphatic rings. The minimum Gasteiger partial charge on any atom is -0.497 e. The number of aryl methyl sites for hydroxylation is 1. The van der Waals surface area contributed by atoms with Gasteiger partial charge in [0.1, 0.15) is 17.2 Å². The fourth-order valence-electron chi connectivity index (χ4n) is 3.51. The maximum atomic E-state index is 5.85. The first-order valence-corrected chi connectivity index (χ1v) is 10.8. The molecule has 0 bridgehead atoms. The zero-order chi connectivity index (χ0) is 23.3. The lowest BCUT2D eigenvalue weighted by atomic mass is 10.2. The van der Waals surface area contributed by atoms with Gasteiger partial charge in [0.25, 0.3) is 0 Å². The summed E-state index contributed by atoms with van der Waals surface area (Å²) in [6, 6.07) is 27.0. The molecule has 168 valence electrons. The molecular weight excluding hydrogens is 426 g/mol. The van der Waals surface area contributed by atoms with Crippen molar-refractivity contribution in [2.24, 2.45) is 0 Å². The normalized spacial score (nSPS) is 10.6. The average molecular weight is 450 g/mol. The van der Waals surface area contributed by atoms with Crippen LogP contribution in [0.3, 0.4) is 0 Å². The van der Waals surface area contributed by atoms with E-state index in [2.05, 4.69) is 15.4 Å². The zero-order valence-corrected chi connectivity index (χ0v) is 18.8. The number of nitrogens with one attached hydrogen (secondary N) is 1. The summed E-state index contributed by atoms with van der Waals surface area (Å²) in [7, 11) is 1.65. The van der Waals surface area contributed by atoms with Gasteiger partial charge < -0.3 is 14.8 Å². The molecule has 0 unspecified atom stereocenters. The molecule has 0 aliphatic heterocycles. The van der Waals surface area contributed by atoms with Crippen molar-refractivity contribution in [3.63, 3.8) is 0 Å². The predicted molar refractivity (Wildman–Crippen MR) is 132 cm³/mol. The van der Waals surface area contributed by atoms with Gasteiger partial charge in [-0.15, -0.1) is 0 Å². The molecule has 3 aromatic carbocycles. The van der Waals surface area contributed by atoms with Crippen molar-refractivity contribution in [2.75, 3.05) is 12.4 Å². The molecule has 5 rings (SSSR count). The number of nitrogens with zero attached hydrogens (tertiary/aromatic N) is 4. The van der Waals surface area contributed by atoms with Crippen LogP contribution in [0.5, 0.6) is 17.2 Å². The van der Waals surface area contributed by atoms with Gasteiger partial charge in [0.05, 0.1) is 24.2 Å². The third kappa shape index (κ3) is 4.73. The van der Waals surface area contributed by atoms with Gasteiger partial charge in [0.15, 0.2) is 0 Å². The standard InChI is InChI=1S/C27H23N5O2/c1-19-25(18-32(31-19)21-10-14-22(33-2)15-11-21)26-16-17-28-27(30-26)29-20-8-12-24(13-9-20)34-23-6-4-3-5-7-23/h3-18H,1-2H3,(H,28,29,30). The van der Waals surface area contributed by atoms with E-state index >= 15 is 0 Å². The molecule has 0 aliphatic carbocycles. The first kappa shape index (κ1) is 21.2. The summed E-state index contributed by atoms with van der Waals surface area (Å²) in [6.45, 7) is 1.97. The highest BCUT2D eigenvalue weighted by molar-refractivity contribution is 5.64. The van der Waals surface area contributed by atoms with Crippen LogP contribution in [0.4, 0.5) is 11.6 Å². The lowest BCUT2D eigenvalue weighted by Crippen LogP contribution is -1.98. The number of hydrogen-bond acceptors (Lipinski definition) is 6. The van der Waals surface area contributed by atoms with E-state index < -0.39 is 0 Å². The Morgan fingerprint density at radius 2 is 1.50 bits per heavy atom. The van der Waals surface area contributed by atoms with Crippen molar-refractivity contribution >= 4 is 11.6 Å². The quantitative estimate of drug-likeness (QED) is 0.320. The first-order chi connectivity index (χ1) is 16.7. The maximum Gasteiger partial charge on any atom is 0.227 e. The Morgan fingerprint density at radius 3 is 2.24 bits per heavy atom. The van der Waals surface area contributed by atoms with Crippen molar-refractivity contribution in [1.29, 1.82) is 0 Å². The van der Waals surface area contributed by atoms with Crippen molar-refractivity contribution in [3.8, 4) is 34.2 Å². The molecule has 0 saturated carbocycles. The van der Waals surface area contributed by atoms with E-state index in [1.54, 1.807) is 13.3 Å². The van der Waals surface area contributed by atoms with E-state index in [9.17, 15) is 0 Å². The molecule has 0 amide bonds. The van der Waals surface area contributed by atoms with Gasteiger partial charge in [0, 0.05) is 23.6 Å². The van der Waals surface area contributed by atoms with Crippen molar-refractivity contribution in [1.82, 2.24) is 19.7 Å². The average Bonchev–Trinajstić information content (AvgIpc) is 3.28. The molecule has 0 atom stereocenters. The fraction of sp³-hybridized carbons (Fsp3) is 0.0741. The minimum absolute atomic E-state index is 0.505. The van der Waals surface area contributed by atoms with Gasteiger partial charge >= 0.3 is 0 Å². The number of ether oxygens (including phenoxy) is 2. The molecule has 7 heteroatoms. The van der Waals surface area contributed by atoms with E-state index in [-0.39, 0.29) is 0 Å². The fourth-order valence-corrected chi connectivity index (χ4v) is 3.51. The number of rotatable bonds is 7. The van der Waals surface area contributed by atoms with Gasteiger partial charge in [-0.25, -0.2) is 14.6 Å². The molecule has 1 N–H and O–H groups in total. The monoisotopic (exact) mass is 449 g/mol. The second kappa shape index (κ2) is 9.46. The van der Waals surface area contributed by atoms with Crippen molar-refractivity contribution < 1.29 is 9.47 Å². The highest BCUT2D eigenvalue weighted by Gasteiger charge is 2.11. The largest absolute Gasteiger partial charge is 0.497 e. The highest BCUT2D eigenvalue weighted by Crippen LogP contribution is 2.26. The molecule has 0 spiro atoms. The molecular formula is C27H23N5O2. The van der Waals surface area contributed by atoms with E-state index in [0.717, 1.165) is 45.6 Å². The molecule has 0 radical (unpaired) electrons. The molecule has 34 heavy (non-hydrogen) atoms. The lowest BCUT2D eigenvalue weighted by Gasteiger charge is -2.08. The lowest BCUT2D eigenvalue weighted by molar-refractivity contribution is 0.414. The highest BCUT2D eigenvalue weighted by atomic mass is 16.5. The van der Waals surface area contributed by atoms with E-state index in [1.165, 1.54) is 0 Å². The molecule has 7 nitrogen and oxygen atoms in total. The van der Waals surface area contributed by atoms with E-state index in [1.807, 2.05) is 103 Å². The number of hydrogen-bond donors (Lipinski definition) is 1. The third-order valence-corrected chi connectivity index (χ3v) is 5.26. The zero-order valence-electron chi connectivity index (χ0n) is 18.8. The summed E-state index contributed by atoms with van der Waals surface area (Å²) in [6.07, 6.45) is 3.71. The molecule has 2 heterocycles. The topological polar surface area (TPSA) is 74.1 Å². The number of methoxy groups -OCH3 is 1. The van der Waals surface area contributed by atoms with E-state index in [4.69, 9.17) is 14.5 Å². The Labute approximate surface area is 197 Å². The number of para-hydroxylation sites is 1. The maximum absolute atomic E-state index is 5.85. The van der Waals surface area contributed by atoms with Crippen molar-refractivity contribution in [3.05, 3.63) is 103 Å². The Kier molecular flexibility index (Phi) is 5.90. The second-order valence-electron chi connectivity index (χ2n) is 7.60. The first-order valence-electron chi connectivity index (χ1n) is 10.8.